The van der Waals surface area contributed by atoms with Crippen molar-refractivity contribution in [2.45, 2.75) is 38.3 Å². The van der Waals surface area contributed by atoms with Gasteiger partial charge >= 0.3 is 0 Å². The van der Waals surface area contributed by atoms with Crippen LogP contribution in [0, 0.1) is 11.7 Å². The van der Waals surface area contributed by atoms with E-state index in [1.165, 1.54) is 6.07 Å². The van der Waals surface area contributed by atoms with Crippen molar-refractivity contribution in [1.29, 1.82) is 0 Å². The maximum absolute atomic E-state index is 13.4. The van der Waals surface area contributed by atoms with Crippen molar-refractivity contribution in [3.63, 3.8) is 0 Å². The Morgan fingerprint density at radius 1 is 1.25 bits per heavy atom. The molecule has 2 aliphatic heterocycles. The molecule has 0 radical (unpaired) electrons. The van der Waals surface area contributed by atoms with Gasteiger partial charge in [-0.1, -0.05) is 12.1 Å². The molecule has 2 fully saturated rings. The summed E-state index contributed by atoms with van der Waals surface area (Å²) in [6.45, 7) is 4.21. The van der Waals surface area contributed by atoms with E-state index in [4.69, 9.17) is 0 Å². The molecule has 5 heteroatoms. The van der Waals surface area contributed by atoms with E-state index in [-0.39, 0.29) is 11.7 Å². The predicted octanol–water partition coefficient (Wildman–Crippen LogP) is 2.25. The Hall–Kier alpha value is -1.46. The minimum Gasteiger partial charge on any atom is -0.341 e. The number of piperidine rings is 2. The number of halogens is 1. The number of hydrogen-bond donors (Lipinski definition) is 1. The Balaban J connectivity index is 1.57. The summed E-state index contributed by atoms with van der Waals surface area (Å²) in [7, 11) is 1.97. The number of hydrogen-bond acceptors (Lipinski definition) is 3. The molecule has 0 saturated carbocycles. The first kappa shape index (κ1) is 17.4. The van der Waals surface area contributed by atoms with E-state index in [9.17, 15) is 9.18 Å². The van der Waals surface area contributed by atoms with Crippen LogP contribution in [0.2, 0.25) is 0 Å². The smallest absolute Gasteiger partial charge is 0.227 e. The second-order valence-corrected chi connectivity index (χ2v) is 7.12. The van der Waals surface area contributed by atoms with E-state index in [1.807, 2.05) is 18.0 Å². The molecule has 132 valence electrons. The molecule has 1 aromatic carbocycles. The van der Waals surface area contributed by atoms with Crippen LogP contribution in [0.3, 0.4) is 0 Å². The first-order valence-electron chi connectivity index (χ1n) is 9.08. The molecule has 2 heterocycles. The fourth-order valence-corrected chi connectivity index (χ4v) is 3.97. The van der Waals surface area contributed by atoms with Crippen LogP contribution in [-0.4, -0.2) is 55.0 Å². The summed E-state index contributed by atoms with van der Waals surface area (Å²) in [4.78, 5) is 17.2. The lowest BCUT2D eigenvalue weighted by atomic mass is 9.94. The summed E-state index contributed by atoms with van der Waals surface area (Å²) in [6.07, 6.45) is 4.24. The molecule has 24 heavy (non-hydrogen) atoms. The molecule has 1 N–H and O–H groups in total. The molecule has 2 aliphatic rings. The molecule has 1 amide bonds. The minimum atomic E-state index is -0.191. The van der Waals surface area contributed by atoms with E-state index in [1.54, 1.807) is 12.1 Å². The van der Waals surface area contributed by atoms with Crippen LogP contribution in [0.1, 0.15) is 31.2 Å². The van der Waals surface area contributed by atoms with Gasteiger partial charge in [-0.3, -0.25) is 9.69 Å². The van der Waals surface area contributed by atoms with Gasteiger partial charge < -0.3 is 10.2 Å². The highest BCUT2D eigenvalue weighted by Crippen LogP contribution is 2.22. The topological polar surface area (TPSA) is 35.6 Å². The highest BCUT2D eigenvalue weighted by atomic mass is 19.1. The van der Waals surface area contributed by atoms with E-state index in [0.29, 0.717) is 11.9 Å². The molecule has 4 nitrogen and oxygen atoms in total. The van der Waals surface area contributed by atoms with Crippen LogP contribution >= 0.6 is 0 Å². The lowest BCUT2D eigenvalue weighted by molar-refractivity contribution is -0.138. The summed E-state index contributed by atoms with van der Waals surface area (Å²) >= 11 is 0. The lowest BCUT2D eigenvalue weighted by Crippen LogP contribution is -2.51. The molecule has 2 unspecified atom stereocenters. The maximum atomic E-state index is 13.4. The van der Waals surface area contributed by atoms with Gasteiger partial charge in [0.2, 0.25) is 5.91 Å². The zero-order chi connectivity index (χ0) is 16.9. The van der Waals surface area contributed by atoms with E-state index in [0.717, 1.165) is 64.0 Å². The van der Waals surface area contributed by atoms with Crippen molar-refractivity contribution in [3.05, 3.63) is 35.6 Å². The monoisotopic (exact) mass is 333 g/mol. The quantitative estimate of drug-likeness (QED) is 0.918. The Morgan fingerprint density at radius 2 is 2.08 bits per heavy atom. The molecular formula is C19H28FN3O. The van der Waals surface area contributed by atoms with Crippen molar-refractivity contribution < 1.29 is 9.18 Å². The number of likely N-dealkylation sites (N-methyl/N-ethyl adjacent to an activating group) is 1. The first-order valence-corrected chi connectivity index (χ1v) is 9.08. The highest BCUT2D eigenvalue weighted by Gasteiger charge is 2.31. The number of carbonyl (C=O) groups is 1. The number of carbonyl (C=O) groups excluding carboxylic acids is 1. The SMILES string of the molecule is CNC1CCCN(C(=O)C2CCCN(Cc3cccc(F)c3)C2)C1. The summed E-state index contributed by atoms with van der Waals surface area (Å²) in [5.74, 6) is 0.199. The first-order chi connectivity index (χ1) is 11.7. The van der Waals surface area contributed by atoms with Gasteiger partial charge in [-0.15, -0.1) is 0 Å². The van der Waals surface area contributed by atoms with E-state index >= 15 is 0 Å². The zero-order valence-electron chi connectivity index (χ0n) is 14.5. The van der Waals surface area contributed by atoms with Crippen LogP contribution in [-0.2, 0) is 11.3 Å². The van der Waals surface area contributed by atoms with Crippen molar-refractivity contribution in [2.75, 3.05) is 33.2 Å². The standard InChI is InChI=1S/C19H28FN3O/c1-21-18-8-4-10-23(14-18)19(24)16-6-3-9-22(13-16)12-15-5-2-7-17(20)11-15/h2,5,7,11,16,18,21H,3-4,6,8-10,12-14H2,1H3. The third-order valence-corrected chi connectivity index (χ3v) is 5.29. The largest absolute Gasteiger partial charge is 0.341 e. The van der Waals surface area contributed by atoms with Crippen LogP contribution < -0.4 is 5.32 Å². The van der Waals surface area contributed by atoms with Crippen molar-refractivity contribution in [2.24, 2.45) is 5.92 Å². The number of rotatable bonds is 4. The van der Waals surface area contributed by atoms with Gasteiger partial charge in [0.15, 0.2) is 0 Å². The van der Waals surface area contributed by atoms with Crippen LogP contribution in [0.4, 0.5) is 4.39 Å². The zero-order valence-corrected chi connectivity index (χ0v) is 14.5. The van der Waals surface area contributed by atoms with Gasteiger partial charge in [0.1, 0.15) is 5.82 Å². The van der Waals surface area contributed by atoms with Gasteiger partial charge in [0, 0.05) is 32.2 Å². The number of nitrogens with zero attached hydrogens (tertiary/aromatic N) is 2. The lowest BCUT2D eigenvalue weighted by Gasteiger charge is -2.38. The molecule has 1 aromatic rings. The van der Waals surface area contributed by atoms with E-state index in [2.05, 4.69) is 10.2 Å². The number of benzene rings is 1. The molecule has 0 aromatic heterocycles. The number of amides is 1. The normalized spacial score (nSPS) is 25.7. The Labute approximate surface area is 144 Å². The summed E-state index contributed by atoms with van der Waals surface area (Å²) in [5.41, 5.74) is 0.983. The Bertz CT molecular complexity index is 565. The molecule has 2 saturated heterocycles. The van der Waals surface area contributed by atoms with Gasteiger partial charge in [-0.2, -0.15) is 0 Å². The van der Waals surface area contributed by atoms with Gasteiger partial charge in [-0.05, 0) is 57.0 Å². The van der Waals surface area contributed by atoms with Gasteiger partial charge in [0.05, 0.1) is 5.92 Å². The van der Waals surface area contributed by atoms with Crippen LogP contribution in [0.5, 0.6) is 0 Å². The van der Waals surface area contributed by atoms with Crippen molar-refractivity contribution >= 4 is 5.91 Å². The van der Waals surface area contributed by atoms with Gasteiger partial charge in [-0.25, -0.2) is 4.39 Å². The summed E-state index contributed by atoms with van der Waals surface area (Å²) in [5, 5.41) is 3.30. The molecule has 2 atom stereocenters. The molecule has 0 aliphatic carbocycles. The Kier molecular flexibility index (Phi) is 5.85. The predicted molar refractivity (Wildman–Crippen MR) is 93.1 cm³/mol. The third-order valence-electron chi connectivity index (χ3n) is 5.29. The van der Waals surface area contributed by atoms with Crippen molar-refractivity contribution in [1.82, 2.24) is 15.1 Å². The summed E-state index contributed by atoms with van der Waals surface area (Å²) < 4.78 is 13.4. The fourth-order valence-electron chi connectivity index (χ4n) is 3.97. The molecule has 0 spiro atoms. The molecular weight excluding hydrogens is 305 g/mol. The van der Waals surface area contributed by atoms with Crippen LogP contribution in [0.25, 0.3) is 0 Å². The average Bonchev–Trinajstić information content (AvgIpc) is 2.61. The second kappa shape index (κ2) is 8.08. The highest BCUT2D eigenvalue weighted by molar-refractivity contribution is 5.79. The number of likely N-dealkylation sites (tertiary alicyclic amines) is 2. The van der Waals surface area contributed by atoms with Crippen molar-refractivity contribution in [3.8, 4) is 0 Å². The van der Waals surface area contributed by atoms with Crippen LogP contribution in [0.15, 0.2) is 24.3 Å². The second-order valence-electron chi connectivity index (χ2n) is 7.12. The molecule has 0 bridgehead atoms. The average molecular weight is 333 g/mol. The van der Waals surface area contributed by atoms with E-state index < -0.39 is 0 Å². The fraction of sp³-hybridized carbons (Fsp3) is 0.632. The molecule has 3 rings (SSSR count). The third kappa shape index (κ3) is 4.33. The minimum absolute atomic E-state index is 0.0860. The Morgan fingerprint density at radius 3 is 2.88 bits per heavy atom. The maximum Gasteiger partial charge on any atom is 0.227 e. The van der Waals surface area contributed by atoms with Gasteiger partial charge in [0.25, 0.3) is 0 Å². The number of nitrogens with one attached hydrogen (secondary N) is 1. The summed E-state index contributed by atoms with van der Waals surface area (Å²) in [6, 6.07) is 7.20.